The molecule has 2 N–H and O–H groups in total. The van der Waals surface area contributed by atoms with E-state index >= 15 is 0 Å². The number of rotatable bonds is 4. The second-order valence-electron chi connectivity index (χ2n) is 8.69. The highest BCUT2D eigenvalue weighted by atomic mass is 16.5. The van der Waals surface area contributed by atoms with E-state index in [1.54, 1.807) is 0 Å². The van der Waals surface area contributed by atoms with Gasteiger partial charge < -0.3 is 29.9 Å². The Balaban J connectivity index is 1.21. The Hall–Kier alpha value is -3.66. The lowest BCUT2D eigenvalue weighted by atomic mass is 10.0. The molecule has 0 spiro atoms. The van der Waals surface area contributed by atoms with Crippen molar-refractivity contribution in [3.05, 3.63) is 47.5 Å². The average Bonchev–Trinajstić information content (AvgIpc) is 2.89. The first-order valence-electron chi connectivity index (χ1n) is 11.8. The molecule has 3 aliphatic rings. The molecule has 1 fully saturated rings. The van der Waals surface area contributed by atoms with E-state index in [0.29, 0.717) is 25.0 Å². The van der Waals surface area contributed by atoms with Gasteiger partial charge in [-0.15, -0.1) is 0 Å². The van der Waals surface area contributed by atoms with Crippen LogP contribution in [0.15, 0.2) is 30.7 Å². The number of morpholine rings is 1. The summed E-state index contributed by atoms with van der Waals surface area (Å²) in [6.07, 6.45) is 6.57. The lowest BCUT2D eigenvalue weighted by Crippen LogP contribution is -2.36. The SMILES string of the molecule is Cc1c(N2CCc3cnc(Nc4ccnc(N5CCOCC5)c4)nc3C2)cnc2c1NCCO2. The molecule has 34 heavy (non-hydrogen) atoms. The van der Waals surface area contributed by atoms with Gasteiger partial charge in [-0.25, -0.2) is 19.9 Å². The van der Waals surface area contributed by atoms with Gasteiger partial charge >= 0.3 is 0 Å². The largest absolute Gasteiger partial charge is 0.474 e. The molecule has 10 nitrogen and oxygen atoms in total. The second kappa shape index (κ2) is 8.94. The van der Waals surface area contributed by atoms with E-state index in [1.807, 2.05) is 30.7 Å². The van der Waals surface area contributed by atoms with Crippen molar-refractivity contribution in [1.82, 2.24) is 19.9 Å². The maximum absolute atomic E-state index is 5.69. The third-order valence-electron chi connectivity index (χ3n) is 6.54. The van der Waals surface area contributed by atoms with Crippen LogP contribution in [-0.4, -0.2) is 65.9 Å². The standard InChI is InChI=1S/C24H28N8O2/c1-16-20(14-27-23-22(16)26-5-9-34-23)32-6-3-17-13-28-24(30-19(17)15-32)29-18-2-4-25-21(12-18)31-7-10-33-11-8-31/h2,4,12-14,26H,3,5-11,15H2,1H3,(H,25,28,29,30). The molecule has 3 aromatic rings. The van der Waals surface area contributed by atoms with Gasteiger partial charge in [-0.3, -0.25) is 0 Å². The van der Waals surface area contributed by atoms with Crippen LogP contribution in [0.5, 0.6) is 5.88 Å². The predicted molar refractivity (Wildman–Crippen MR) is 130 cm³/mol. The molecular formula is C24H28N8O2. The monoisotopic (exact) mass is 460 g/mol. The van der Waals surface area contributed by atoms with E-state index in [0.717, 1.165) is 80.0 Å². The van der Waals surface area contributed by atoms with E-state index < -0.39 is 0 Å². The van der Waals surface area contributed by atoms with Crippen molar-refractivity contribution in [2.24, 2.45) is 0 Å². The van der Waals surface area contributed by atoms with E-state index in [1.165, 1.54) is 5.56 Å². The summed E-state index contributed by atoms with van der Waals surface area (Å²) < 4.78 is 11.1. The van der Waals surface area contributed by atoms with Gasteiger partial charge in [-0.05, 0) is 25.0 Å². The number of hydrogen-bond donors (Lipinski definition) is 2. The van der Waals surface area contributed by atoms with Crippen molar-refractivity contribution in [2.45, 2.75) is 19.9 Å². The average molecular weight is 461 g/mol. The summed E-state index contributed by atoms with van der Waals surface area (Å²) >= 11 is 0. The van der Waals surface area contributed by atoms with Gasteiger partial charge in [0.25, 0.3) is 0 Å². The summed E-state index contributed by atoms with van der Waals surface area (Å²) in [5.74, 6) is 2.22. The van der Waals surface area contributed by atoms with Crippen LogP contribution < -0.4 is 25.2 Å². The van der Waals surface area contributed by atoms with Crippen LogP contribution in [0, 0.1) is 6.92 Å². The first-order chi connectivity index (χ1) is 16.7. The Morgan fingerprint density at radius 2 is 1.94 bits per heavy atom. The van der Waals surface area contributed by atoms with Gasteiger partial charge in [0.2, 0.25) is 11.8 Å². The number of ether oxygens (including phenoxy) is 2. The molecule has 10 heteroatoms. The van der Waals surface area contributed by atoms with Crippen LogP contribution in [0.4, 0.5) is 28.8 Å². The molecule has 176 valence electrons. The molecule has 0 aliphatic carbocycles. The Bertz CT molecular complexity index is 1200. The highest BCUT2D eigenvalue weighted by molar-refractivity contribution is 5.70. The van der Waals surface area contributed by atoms with Gasteiger partial charge in [0.05, 0.1) is 37.3 Å². The lowest BCUT2D eigenvalue weighted by Gasteiger charge is -2.32. The molecule has 0 aromatic carbocycles. The number of nitrogens with zero attached hydrogens (tertiary/aromatic N) is 6. The highest BCUT2D eigenvalue weighted by Crippen LogP contribution is 2.36. The number of pyridine rings is 2. The smallest absolute Gasteiger partial charge is 0.237 e. The van der Waals surface area contributed by atoms with E-state index in [-0.39, 0.29) is 0 Å². The molecule has 0 unspecified atom stereocenters. The summed E-state index contributed by atoms with van der Waals surface area (Å²) in [5, 5.41) is 6.79. The van der Waals surface area contributed by atoms with Gasteiger partial charge in [0, 0.05) is 55.9 Å². The second-order valence-corrected chi connectivity index (χ2v) is 8.69. The first kappa shape index (κ1) is 20.9. The first-order valence-corrected chi connectivity index (χ1v) is 11.8. The van der Waals surface area contributed by atoms with Crippen molar-refractivity contribution in [3.63, 3.8) is 0 Å². The zero-order valence-electron chi connectivity index (χ0n) is 19.3. The fraction of sp³-hybridized carbons (Fsp3) is 0.417. The molecule has 3 aliphatic heterocycles. The highest BCUT2D eigenvalue weighted by Gasteiger charge is 2.24. The molecule has 6 rings (SSSR count). The normalized spacial score (nSPS) is 17.3. The van der Waals surface area contributed by atoms with Crippen molar-refractivity contribution in [3.8, 4) is 5.88 Å². The molecule has 0 saturated carbocycles. The summed E-state index contributed by atoms with van der Waals surface area (Å²) in [4.78, 5) is 23.1. The predicted octanol–water partition coefficient (Wildman–Crippen LogP) is 2.52. The number of fused-ring (bicyclic) bond motifs is 2. The Labute approximate surface area is 198 Å². The minimum Gasteiger partial charge on any atom is -0.474 e. The zero-order chi connectivity index (χ0) is 22.9. The Morgan fingerprint density at radius 3 is 2.85 bits per heavy atom. The fourth-order valence-electron chi connectivity index (χ4n) is 4.69. The minimum absolute atomic E-state index is 0.593. The quantitative estimate of drug-likeness (QED) is 0.604. The summed E-state index contributed by atoms with van der Waals surface area (Å²) in [5.41, 5.74) is 6.41. The molecule has 3 aromatic heterocycles. The Kier molecular flexibility index (Phi) is 5.50. The zero-order valence-corrected chi connectivity index (χ0v) is 19.3. The maximum Gasteiger partial charge on any atom is 0.237 e. The third-order valence-corrected chi connectivity index (χ3v) is 6.54. The van der Waals surface area contributed by atoms with E-state index in [2.05, 4.69) is 42.3 Å². The molecule has 1 saturated heterocycles. The van der Waals surface area contributed by atoms with Crippen LogP contribution in [0.2, 0.25) is 0 Å². The fourth-order valence-corrected chi connectivity index (χ4v) is 4.69. The van der Waals surface area contributed by atoms with Gasteiger partial charge in [0.15, 0.2) is 0 Å². The van der Waals surface area contributed by atoms with E-state index in [4.69, 9.17) is 14.5 Å². The molecular weight excluding hydrogens is 432 g/mol. The van der Waals surface area contributed by atoms with Crippen LogP contribution in [0.3, 0.4) is 0 Å². The van der Waals surface area contributed by atoms with Crippen LogP contribution in [-0.2, 0) is 17.7 Å². The minimum atomic E-state index is 0.593. The maximum atomic E-state index is 5.69. The van der Waals surface area contributed by atoms with Crippen LogP contribution >= 0.6 is 0 Å². The third kappa shape index (κ3) is 4.05. The summed E-state index contributed by atoms with van der Waals surface area (Å²) in [6.45, 7) is 8.33. The topological polar surface area (TPSA) is 101 Å². The number of hydrogen-bond acceptors (Lipinski definition) is 10. The molecule has 0 radical (unpaired) electrons. The molecule has 0 amide bonds. The van der Waals surface area contributed by atoms with Crippen LogP contribution in [0.25, 0.3) is 0 Å². The number of anilines is 5. The van der Waals surface area contributed by atoms with Gasteiger partial charge in [-0.2, -0.15) is 0 Å². The van der Waals surface area contributed by atoms with Crippen molar-refractivity contribution < 1.29 is 9.47 Å². The van der Waals surface area contributed by atoms with E-state index in [9.17, 15) is 0 Å². The summed E-state index contributed by atoms with van der Waals surface area (Å²) in [7, 11) is 0. The van der Waals surface area contributed by atoms with Crippen LogP contribution in [0.1, 0.15) is 16.8 Å². The van der Waals surface area contributed by atoms with Crippen molar-refractivity contribution in [1.29, 1.82) is 0 Å². The number of aromatic nitrogens is 4. The molecule has 0 atom stereocenters. The van der Waals surface area contributed by atoms with Gasteiger partial charge in [0.1, 0.15) is 18.1 Å². The Morgan fingerprint density at radius 1 is 1.03 bits per heavy atom. The van der Waals surface area contributed by atoms with Gasteiger partial charge in [-0.1, -0.05) is 0 Å². The molecule has 0 bridgehead atoms. The van der Waals surface area contributed by atoms with Crippen molar-refractivity contribution >= 4 is 28.8 Å². The lowest BCUT2D eigenvalue weighted by molar-refractivity contribution is 0.122. The summed E-state index contributed by atoms with van der Waals surface area (Å²) in [6, 6.07) is 3.98. The molecule has 6 heterocycles. The number of nitrogens with one attached hydrogen (secondary N) is 2. The van der Waals surface area contributed by atoms with Crippen molar-refractivity contribution in [2.75, 3.05) is 66.4 Å².